The van der Waals surface area contributed by atoms with Crippen molar-refractivity contribution in [3.63, 3.8) is 0 Å². The molecule has 0 aliphatic carbocycles. The molecule has 126 valence electrons. The molecule has 0 spiro atoms. The molecule has 2 aromatic heterocycles. The van der Waals surface area contributed by atoms with Gasteiger partial charge in [-0.2, -0.15) is 0 Å². The van der Waals surface area contributed by atoms with Crippen LogP contribution >= 0.6 is 0 Å². The third kappa shape index (κ3) is 2.50. The number of nitrogen functional groups attached to an aromatic ring is 1. The summed E-state index contributed by atoms with van der Waals surface area (Å²) in [5, 5.41) is 1.13. The monoisotopic (exact) mass is 355 g/mol. The first-order chi connectivity index (χ1) is 12.8. The Bertz CT molecular complexity index is 1030. The molecule has 26 heavy (non-hydrogen) atoms. The molecule has 0 atom stereocenters. The van der Waals surface area contributed by atoms with E-state index in [0.717, 1.165) is 36.1 Å². The Morgan fingerprint density at radius 2 is 1.85 bits per heavy atom. The van der Waals surface area contributed by atoms with Crippen molar-refractivity contribution in [3.8, 4) is 0 Å². The third-order valence-corrected chi connectivity index (χ3v) is 6.06. The van der Waals surface area contributed by atoms with Gasteiger partial charge in [0.25, 0.3) is 0 Å². The van der Waals surface area contributed by atoms with Gasteiger partial charge in [0.05, 0.1) is 5.69 Å². The van der Waals surface area contributed by atoms with E-state index < -0.39 is 0 Å². The van der Waals surface area contributed by atoms with E-state index in [1.54, 1.807) is 6.20 Å². The van der Waals surface area contributed by atoms with Gasteiger partial charge in [0.15, 0.2) is 0 Å². The lowest BCUT2D eigenvalue weighted by molar-refractivity contribution is 0.731. The number of nitrogens with zero attached hydrogens (tertiary/aromatic N) is 4. The second-order valence-electron chi connectivity index (χ2n) is 6.50. The summed E-state index contributed by atoms with van der Waals surface area (Å²) in [6, 6.07) is 12.8. The molecule has 0 saturated heterocycles. The highest BCUT2D eigenvalue weighted by Gasteiger charge is 2.26. The summed E-state index contributed by atoms with van der Waals surface area (Å²) in [4.78, 5) is 15.5. The molecular weight excluding hydrogens is 338 g/mol. The lowest BCUT2D eigenvalue weighted by atomic mass is 9.97. The number of aromatic nitrogens is 3. The van der Waals surface area contributed by atoms with Crippen molar-refractivity contribution in [2.75, 3.05) is 17.2 Å². The first-order valence-electron chi connectivity index (χ1n) is 8.66. The minimum Gasteiger partial charge on any atom is -0.368 e. The number of nitrogens with two attached hydrogens (primary N) is 1. The molecule has 6 heteroatoms. The van der Waals surface area contributed by atoms with Crippen LogP contribution in [-0.4, -0.2) is 31.0 Å². The highest BCUT2D eigenvalue weighted by atomic mass is 28.2. The van der Waals surface area contributed by atoms with Crippen molar-refractivity contribution >= 4 is 32.0 Å². The van der Waals surface area contributed by atoms with Crippen molar-refractivity contribution in [3.05, 3.63) is 76.9 Å². The van der Waals surface area contributed by atoms with Crippen LogP contribution in [0.15, 0.2) is 54.5 Å². The van der Waals surface area contributed by atoms with E-state index in [1.807, 2.05) is 12.3 Å². The Balaban J connectivity index is 1.57. The molecule has 3 aromatic rings. The van der Waals surface area contributed by atoms with Gasteiger partial charge in [-0.25, -0.2) is 9.97 Å². The summed E-state index contributed by atoms with van der Waals surface area (Å²) in [5.41, 5.74) is 15.3. The molecule has 2 aliphatic rings. The standard InChI is InChI=1S/C20H17N5Si/c21-20-23-8-5-16(24-20)15-12-26-19-18(15)17(6-9-22-19)25-10-7-13-3-1-2-4-14(13)11-25/h1-6,8-9,12H,7,10-11H2,(H2,21,23,24). The van der Waals surface area contributed by atoms with Crippen molar-refractivity contribution in [1.82, 2.24) is 15.0 Å². The van der Waals surface area contributed by atoms with Gasteiger partial charge in [-0.1, -0.05) is 30.0 Å². The van der Waals surface area contributed by atoms with Gasteiger partial charge in [-0.05, 0) is 29.7 Å². The minimum absolute atomic E-state index is 0.303. The summed E-state index contributed by atoms with van der Waals surface area (Å²) in [6.07, 6.45) is 4.70. The van der Waals surface area contributed by atoms with Crippen LogP contribution in [0.25, 0.3) is 5.57 Å². The first-order valence-corrected chi connectivity index (χ1v) is 9.74. The van der Waals surface area contributed by atoms with Gasteiger partial charge in [-0.3, -0.25) is 4.98 Å². The lowest BCUT2D eigenvalue weighted by Gasteiger charge is -2.32. The Morgan fingerprint density at radius 3 is 2.73 bits per heavy atom. The van der Waals surface area contributed by atoms with Crippen LogP contribution in [0.3, 0.4) is 0 Å². The molecule has 4 heterocycles. The van der Waals surface area contributed by atoms with Crippen LogP contribution in [0.1, 0.15) is 22.4 Å². The Morgan fingerprint density at radius 1 is 1.00 bits per heavy atom. The molecular formula is C20H17N5Si. The van der Waals surface area contributed by atoms with Crippen LogP contribution in [0, 0.1) is 0 Å². The molecule has 0 unspecified atom stereocenters. The van der Waals surface area contributed by atoms with E-state index in [1.165, 1.54) is 22.4 Å². The average Bonchev–Trinajstić information content (AvgIpc) is 3.12. The highest BCUT2D eigenvalue weighted by molar-refractivity contribution is 6.63. The largest absolute Gasteiger partial charge is 0.368 e. The molecule has 0 fully saturated rings. The van der Waals surface area contributed by atoms with Crippen LogP contribution in [-0.2, 0) is 13.0 Å². The average molecular weight is 355 g/mol. The van der Waals surface area contributed by atoms with Gasteiger partial charge in [-0.15, -0.1) is 0 Å². The SMILES string of the molecule is Nc1nccc(C2=C[Si]c3nccc(N4CCc5ccccc5C4)c32)n1. The van der Waals surface area contributed by atoms with Gasteiger partial charge in [0.1, 0.15) is 9.52 Å². The van der Waals surface area contributed by atoms with Gasteiger partial charge in [0, 0.05) is 47.6 Å². The molecule has 0 bridgehead atoms. The maximum absolute atomic E-state index is 5.81. The molecule has 5 nitrogen and oxygen atoms in total. The van der Waals surface area contributed by atoms with Gasteiger partial charge < -0.3 is 10.6 Å². The van der Waals surface area contributed by atoms with Crippen LogP contribution in [0.4, 0.5) is 11.6 Å². The second-order valence-corrected chi connectivity index (χ2v) is 7.55. The van der Waals surface area contributed by atoms with Crippen LogP contribution in [0.5, 0.6) is 0 Å². The summed E-state index contributed by atoms with van der Waals surface area (Å²) in [7, 11) is 0.555. The molecule has 0 saturated carbocycles. The number of anilines is 2. The zero-order valence-electron chi connectivity index (χ0n) is 14.2. The zero-order chi connectivity index (χ0) is 17.5. The maximum atomic E-state index is 5.81. The third-order valence-electron chi connectivity index (χ3n) is 4.97. The van der Waals surface area contributed by atoms with Crippen molar-refractivity contribution in [1.29, 1.82) is 0 Å². The first kappa shape index (κ1) is 15.3. The second kappa shape index (κ2) is 6.07. The van der Waals surface area contributed by atoms with E-state index >= 15 is 0 Å². The van der Waals surface area contributed by atoms with E-state index in [-0.39, 0.29) is 0 Å². The molecule has 1 aromatic carbocycles. The molecule has 0 amide bonds. The van der Waals surface area contributed by atoms with Gasteiger partial charge in [0.2, 0.25) is 5.95 Å². The maximum Gasteiger partial charge on any atom is 0.220 e. The van der Waals surface area contributed by atoms with Crippen molar-refractivity contribution in [2.45, 2.75) is 13.0 Å². The number of hydrogen-bond donors (Lipinski definition) is 1. The number of benzene rings is 1. The number of pyridine rings is 1. The summed E-state index contributed by atoms with van der Waals surface area (Å²) in [5.74, 6) is 0.303. The fraction of sp³-hybridized carbons (Fsp3) is 0.150. The van der Waals surface area contributed by atoms with Crippen molar-refractivity contribution in [2.24, 2.45) is 0 Å². The quantitative estimate of drug-likeness (QED) is 0.710. The van der Waals surface area contributed by atoms with E-state index in [4.69, 9.17) is 5.73 Å². The Kier molecular flexibility index (Phi) is 3.57. The Labute approximate surface area is 154 Å². The molecule has 2 N–H and O–H groups in total. The number of rotatable bonds is 2. The summed E-state index contributed by atoms with van der Waals surface area (Å²) < 4.78 is 0. The normalized spacial score (nSPS) is 15.4. The van der Waals surface area contributed by atoms with Crippen molar-refractivity contribution < 1.29 is 0 Å². The van der Waals surface area contributed by atoms with E-state index in [2.05, 4.69) is 55.9 Å². The fourth-order valence-electron chi connectivity index (χ4n) is 3.73. The van der Waals surface area contributed by atoms with Crippen LogP contribution in [0.2, 0.25) is 0 Å². The topological polar surface area (TPSA) is 67.9 Å². The van der Waals surface area contributed by atoms with E-state index in [9.17, 15) is 0 Å². The van der Waals surface area contributed by atoms with Crippen LogP contribution < -0.4 is 16.0 Å². The van der Waals surface area contributed by atoms with Gasteiger partial charge >= 0.3 is 0 Å². The zero-order valence-corrected chi connectivity index (χ0v) is 15.2. The molecule has 2 aliphatic heterocycles. The highest BCUT2D eigenvalue weighted by Crippen LogP contribution is 2.34. The number of fused-ring (bicyclic) bond motifs is 2. The fourth-order valence-corrected chi connectivity index (χ4v) is 4.86. The molecule has 2 radical (unpaired) electrons. The summed E-state index contributed by atoms with van der Waals surface area (Å²) in [6.45, 7) is 1.94. The Hall–Kier alpha value is -2.99. The summed E-state index contributed by atoms with van der Waals surface area (Å²) >= 11 is 0. The lowest BCUT2D eigenvalue weighted by Crippen LogP contribution is -2.32. The predicted molar refractivity (Wildman–Crippen MR) is 104 cm³/mol. The smallest absolute Gasteiger partial charge is 0.220 e. The predicted octanol–water partition coefficient (Wildman–Crippen LogP) is 1.75. The number of hydrogen-bond acceptors (Lipinski definition) is 5. The molecule has 5 rings (SSSR count). The minimum atomic E-state index is 0.303. The van der Waals surface area contributed by atoms with E-state index in [0.29, 0.717) is 15.5 Å².